The average molecular weight is 215 g/mol. The van der Waals surface area contributed by atoms with Crippen molar-refractivity contribution in [1.29, 1.82) is 0 Å². The first-order valence-corrected chi connectivity index (χ1v) is 5.04. The Kier molecular flexibility index (Phi) is 2.15. The van der Waals surface area contributed by atoms with Crippen molar-refractivity contribution in [1.82, 2.24) is 0 Å². The maximum absolute atomic E-state index is 13.0. The van der Waals surface area contributed by atoms with Gasteiger partial charge in [-0.15, -0.1) is 0 Å². The van der Waals surface area contributed by atoms with Crippen LogP contribution in [0.4, 0.5) is 8.78 Å². The summed E-state index contributed by atoms with van der Waals surface area (Å²) >= 11 is 0. The Labute approximate surface area is 87.4 Å². The van der Waals surface area contributed by atoms with Gasteiger partial charge < -0.3 is 10.2 Å². The van der Waals surface area contributed by atoms with E-state index in [1.165, 1.54) is 0 Å². The van der Waals surface area contributed by atoms with Gasteiger partial charge in [0.25, 0.3) is 0 Å². The topological polar surface area (TPSA) is 39.2 Å². The first-order chi connectivity index (χ1) is 6.88. The number of aryl methyl sites for hydroxylation is 2. The van der Waals surface area contributed by atoms with Gasteiger partial charge >= 0.3 is 0 Å². The van der Waals surface area contributed by atoms with Crippen molar-refractivity contribution in [3.63, 3.8) is 0 Å². The number of hydrogen-bond donors (Lipinski definition) is 1. The van der Waals surface area contributed by atoms with E-state index in [4.69, 9.17) is 10.2 Å². The highest BCUT2D eigenvalue weighted by atomic mass is 19.3. The van der Waals surface area contributed by atoms with Gasteiger partial charge in [0.15, 0.2) is 0 Å². The third-order valence-corrected chi connectivity index (χ3v) is 3.20. The van der Waals surface area contributed by atoms with E-state index in [9.17, 15) is 8.78 Å². The summed E-state index contributed by atoms with van der Waals surface area (Å²) in [5.74, 6) is -1.09. The van der Waals surface area contributed by atoms with Crippen LogP contribution < -0.4 is 5.73 Å². The standard InChI is InChI=1S/C11H15F2NO/c1-7-3-9(8(2)15-7)10(6-14)4-11(12,13)5-10/h3H,4-6,14H2,1-2H3. The van der Waals surface area contributed by atoms with Crippen molar-refractivity contribution in [2.24, 2.45) is 5.73 Å². The Morgan fingerprint density at radius 1 is 1.40 bits per heavy atom. The summed E-state index contributed by atoms with van der Waals surface area (Å²) in [6.45, 7) is 3.87. The normalized spacial score (nSPS) is 22.5. The number of halogens is 2. The van der Waals surface area contributed by atoms with Gasteiger partial charge in [0, 0.05) is 30.4 Å². The van der Waals surface area contributed by atoms with Crippen molar-refractivity contribution in [2.45, 2.75) is 38.0 Å². The summed E-state index contributed by atoms with van der Waals surface area (Å²) in [7, 11) is 0. The van der Waals surface area contributed by atoms with Crippen molar-refractivity contribution >= 4 is 0 Å². The summed E-state index contributed by atoms with van der Waals surface area (Å²) in [6.07, 6.45) is -0.313. The van der Waals surface area contributed by atoms with E-state index < -0.39 is 11.3 Å². The van der Waals surface area contributed by atoms with Crippen molar-refractivity contribution in [2.75, 3.05) is 6.54 Å². The van der Waals surface area contributed by atoms with Gasteiger partial charge in [0.05, 0.1) is 0 Å². The van der Waals surface area contributed by atoms with Crippen LogP contribution in [-0.4, -0.2) is 12.5 Å². The largest absolute Gasteiger partial charge is 0.466 e. The van der Waals surface area contributed by atoms with Crippen LogP contribution >= 0.6 is 0 Å². The van der Waals surface area contributed by atoms with Gasteiger partial charge in [-0.25, -0.2) is 8.78 Å². The fraction of sp³-hybridized carbons (Fsp3) is 0.636. The molecule has 0 spiro atoms. The van der Waals surface area contributed by atoms with Crippen LogP contribution in [0, 0.1) is 13.8 Å². The average Bonchev–Trinajstić information content (AvgIpc) is 2.40. The van der Waals surface area contributed by atoms with E-state index in [0.29, 0.717) is 5.76 Å². The molecule has 2 N–H and O–H groups in total. The molecular weight excluding hydrogens is 200 g/mol. The summed E-state index contributed by atoms with van der Waals surface area (Å²) in [5.41, 5.74) is 5.92. The van der Waals surface area contributed by atoms with E-state index in [2.05, 4.69) is 0 Å². The fourth-order valence-electron chi connectivity index (χ4n) is 2.54. The third-order valence-electron chi connectivity index (χ3n) is 3.20. The van der Waals surface area contributed by atoms with Crippen LogP contribution in [0.1, 0.15) is 29.9 Å². The molecular formula is C11H15F2NO. The Morgan fingerprint density at radius 2 is 2.00 bits per heavy atom. The van der Waals surface area contributed by atoms with Crippen LogP contribution in [-0.2, 0) is 5.41 Å². The lowest BCUT2D eigenvalue weighted by molar-refractivity contribution is -0.124. The molecule has 1 aliphatic carbocycles. The van der Waals surface area contributed by atoms with Gasteiger partial charge in [-0.05, 0) is 19.9 Å². The quantitative estimate of drug-likeness (QED) is 0.823. The highest BCUT2D eigenvalue weighted by molar-refractivity contribution is 5.34. The smallest absolute Gasteiger partial charge is 0.250 e. The molecule has 0 saturated heterocycles. The molecule has 1 aromatic rings. The summed E-state index contributed by atoms with van der Waals surface area (Å²) < 4.78 is 31.3. The molecule has 1 aliphatic rings. The number of furan rings is 1. The molecule has 1 heterocycles. The molecule has 0 aliphatic heterocycles. The summed E-state index contributed by atoms with van der Waals surface area (Å²) in [6, 6.07) is 1.83. The van der Waals surface area contributed by atoms with E-state index in [0.717, 1.165) is 11.3 Å². The number of nitrogens with two attached hydrogens (primary N) is 1. The molecule has 0 radical (unpaired) electrons. The monoisotopic (exact) mass is 215 g/mol. The maximum Gasteiger partial charge on any atom is 0.250 e. The van der Waals surface area contributed by atoms with Crippen LogP contribution in [0.3, 0.4) is 0 Å². The highest BCUT2D eigenvalue weighted by Crippen LogP contribution is 2.53. The van der Waals surface area contributed by atoms with Crippen molar-refractivity contribution in [3.05, 3.63) is 23.2 Å². The Morgan fingerprint density at radius 3 is 2.33 bits per heavy atom. The zero-order valence-electron chi connectivity index (χ0n) is 8.94. The Balaban J connectivity index is 2.33. The fourth-order valence-corrected chi connectivity index (χ4v) is 2.54. The second-order valence-electron chi connectivity index (χ2n) is 4.52. The van der Waals surface area contributed by atoms with Crippen LogP contribution in [0.5, 0.6) is 0 Å². The molecule has 2 rings (SSSR count). The molecule has 0 amide bonds. The molecule has 1 fully saturated rings. The number of alkyl halides is 2. The van der Waals surface area contributed by atoms with Crippen LogP contribution in [0.15, 0.2) is 10.5 Å². The predicted octanol–water partition coefficient (Wildman–Crippen LogP) is 2.52. The van der Waals surface area contributed by atoms with Gasteiger partial charge in [-0.2, -0.15) is 0 Å². The summed E-state index contributed by atoms with van der Waals surface area (Å²) in [4.78, 5) is 0. The maximum atomic E-state index is 13.0. The minimum Gasteiger partial charge on any atom is -0.466 e. The minimum absolute atomic E-state index is 0.156. The Bertz CT molecular complexity index is 376. The van der Waals surface area contributed by atoms with Gasteiger partial charge in [0.1, 0.15) is 11.5 Å². The summed E-state index contributed by atoms with van der Waals surface area (Å²) in [5, 5.41) is 0. The second-order valence-corrected chi connectivity index (χ2v) is 4.52. The van der Waals surface area contributed by atoms with E-state index in [1.807, 2.05) is 13.0 Å². The van der Waals surface area contributed by atoms with Crippen molar-refractivity contribution in [3.8, 4) is 0 Å². The van der Waals surface area contributed by atoms with Gasteiger partial charge in [-0.1, -0.05) is 0 Å². The van der Waals surface area contributed by atoms with Gasteiger partial charge in [0.2, 0.25) is 5.92 Å². The van der Waals surface area contributed by atoms with Crippen molar-refractivity contribution < 1.29 is 13.2 Å². The lowest BCUT2D eigenvalue weighted by Crippen LogP contribution is -2.53. The lowest BCUT2D eigenvalue weighted by atomic mass is 9.62. The molecule has 15 heavy (non-hydrogen) atoms. The van der Waals surface area contributed by atoms with E-state index in [1.54, 1.807) is 6.92 Å². The molecule has 1 saturated carbocycles. The van der Waals surface area contributed by atoms with Crippen LogP contribution in [0.25, 0.3) is 0 Å². The molecule has 84 valence electrons. The molecule has 4 heteroatoms. The lowest BCUT2D eigenvalue weighted by Gasteiger charge is -2.46. The Hall–Kier alpha value is -0.900. The molecule has 0 atom stereocenters. The van der Waals surface area contributed by atoms with E-state index >= 15 is 0 Å². The minimum atomic E-state index is -2.56. The zero-order valence-corrected chi connectivity index (χ0v) is 8.94. The predicted molar refractivity (Wildman–Crippen MR) is 53.1 cm³/mol. The molecule has 1 aromatic heterocycles. The number of rotatable bonds is 2. The van der Waals surface area contributed by atoms with Gasteiger partial charge in [-0.3, -0.25) is 0 Å². The molecule has 0 aromatic carbocycles. The third kappa shape index (κ3) is 1.57. The highest BCUT2D eigenvalue weighted by Gasteiger charge is 2.57. The first-order valence-electron chi connectivity index (χ1n) is 5.04. The second kappa shape index (κ2) is 3.04. The molecule has 0 unspecified atom stereocenters. The van der Waals surface area contributed by atoms with E-state index in [-0.39, 0.29) is 19.4 Å². The zero-order chi connectivity index (χ0) is 11.3. The van der Waals surface area contributed by atoms with Crippen LogP contribution in [0.2, 0.25) is 0 Å². The first kappa shape index (κ1) is 10.6. The SMILES string of the molecule is Cc1cc(C2(CN)CC(F)(F)C2)c(C)o1. The molecule has 2 nitrogen and oxygen atoms in total. The molecule has 0 bridgehead atoms. The number of hydrogen-bond acceptors (Lipinski definition) is 2.